The van der Waals surface area contributed by atoms with Crippen molar-refractivity contribution in [1.29, 1.82) is 0 Å². The van der Waals surface area contributed by atoms with Crippen LogP contribution in [0, 0.1) is 5.82 Å². The van der Waals surface area contributed by atoms with Gasteiger partial charge in [-0.25, -0.2) is 4.39 Å². The SMILES string of the molecule is CNC(C)c1ccc(OC)cc1F. The van der Waals surface area contributed by atoms with Gasteiger partial charge < -0.3 is 10.1 Å². The summed E-state index contributed by atoms with van der Waals surface area (Å²) in [5.74, 6) is 0.311. The third-order valence-corrected chi connectivity index (χ3v) is 2.11. The van der Waals surface area contributed by atoms with Crippen molar-refractivity contribution in [3.8, 4) is 5.75 Å². The number of rotatable bonds is 3. The van der Waals surface area contributed by atoms with E-state index in [2.05, 4.69) is 5.32 Å². The van der Waals surface area contributed by atoms with Crippen LogP contribution in [-0.4, -0.2) is 14.2 Å². The Labute approximate surface area is 77.7 Å². The summed E-state index contributed by atoms with van der Waals surface area (Å²) in [7, 11) is 3.32. The summed E-state index contributed by atoms with van der Waals surface area (Å²) in [5, 5.41) is 2.98. The van der Waals surface area contributed by atoms with E-state index in [1.807, 2.05) is 6.92 Å². The van der Waals surface area contributed by atoms with Crippen LogP contribution >= 0.6 is 0 Å². The van der Waals surface area contributed by atoms with Gasteiger partial charge >= 0.3 is 0 Å². The highest BCUT2D eigenvalue weighted by Gasteiger charge is 2.09. The van der Waals surface area contributed by atoms with Gasteiger partial charge in [-0.2, -0.15) is 0 Å². The second kappa shape index (κ2) is 4.23. The van der Waals surface area contributed by atoms with Crippen LogP contribution in [0.1, 0.15) is 18.5 Å². The maximum Gasteiger partial charge on any atom is 0.131 e. The Morgan fingerprint density at radius 3 is 2.62 bits per heavy atom. The summed E-state index contributed by atoms with van der Waals surface area (Å²) in [6.07, 6.45) is 0. The molecule has 0 aromatic heterocycles. The Bertz CT molecular complexity index is 288. The fourth-order valence-corrected chi connectivity index (χ4v) is 1.14. The van der Waals surface area contributed by atoms with Crippen molar-refractivity contribution in [3.63, 3.8) is 0 Å². The van der Waals surface area contributed by atoms with Gasteiger partial charge in [0.1, 0.15) is 11.6 Å². The zero-order valence-electron chi connectivity index (χ0n) is 8.10. The molecule has 1 N–H and O–H groups in total. The van der Waals surface area contributed by atoms with E-state index < -0.39 is 0 Å². The molecule has 0 fully saturated rings. The Balaban J connectivity index is 2.98. The lowest BCUT2D eigenvalue weighted by atomic mass is 10.1. The average Bonchev–Trinajstić information content (AvgIpc) is 2.16. The van der Waals surface area contributed by atoms with Crippen molar-refractivity contribution in [2.75, 3.05) is 14.2 Å². The summed E-state index contributed by atoms with van der Waals surface area (Å²) in [6.45, 7) is 1.91. The van der Waals surface area contributed by atoms with Crippen molar-refractivity contribution in [2.24, 2.45) is 0 Å². The first-order chi connectivity index (χ1) is 6.19. The first kappa shape index (κ1) is 9.99. The summed E-state index contributed by atoms with van der Waals surface area (Å²) in [5.41, 5.74) is 0.656. The average molecular weight is 183 g/mol. The predicted molar refractivity (Wildman–Crippen MR) is 50.4 cm³/mol. The fourth-order valence-electron chi connectivity index (χ4n) is 1.14. The highest BCUT2D eigenvalue weighted by molar-refractivity contribution is 5.30. The van der Waals surface area contributed by atoms with Gasteiger partial charge in [0.15, 0.2) is 0 Å². The quantitative estimate of drug-likeness (QED) is 0.775. The maximum atomic E-state index is 13.4. The number of nitrogens with one attached hydrogen (secondary N) is 1. The van der Waals surface area contributed by atoms with Crippen molar-refractivity contribution in [3.05, 3.63) is 29.6 Å². The monoisotopic (exact) mass is 183 g/mol. The molecule has 13 heavy (non-hydrogen) atoms. The van der Waals surface area contributed by atoms with Crippen LogP contribution in [0.3, 0.4) is 0 Å². The van der Waals surface area contributed by atoms with Gasteiger partial charge in [-0.15, -0.1) is 0 Å². The zero-order valence-corrected chi connectivity index (χ0v) is 8.10. The normalized spacial score (nSPS) is 12.6. The molecule has 0 saturated heterocycles. The smallest absolute Gasteiger partial charge is 0.131 e. The van der Waals surface area contributed by atoms with Crippen LogP contribution in [-0.2, 0) is 0 Å². The highest BCUT2D eigenvalue weighted by Crippen LogP contribution is 2.21. The van der Waals surface area contributed by atoms with Crippen molar-refractivity contribution in [1.82, 2.24) is 5.32 Å². The summed E-state index contributed by atoms with van der Waals surface area (Å²) >= 11 is 0. The molecule has 1 aromatic rings. The topological polar surface area (TPSA) is 21.3 Å². The van der Waals surface area contributed by atoms with E-state index in [0.29, 0.717) is 11.3 Å². The van der Waals surface area contributed by atoms with Gasteiger partial charge in [0.25, 0.3) is 0 Å². The molecule has 0 aliphatic carbocycles. The largest absolute Gasteiger partial charge is 0.497 e. The minimum Gasteiger partial charge on any atom is -0.497 e. The molecule has 1 aromatic carbocycles. The number of hydrogen-bond donors (Lipinski definition) is 1. The van der Waals surface area contributed by atoms with Crippen LogP contribution in [0.5, 0.6) is 5.75 Å². The molecule has 2 nitrogen and oxygen atoms in total. The molecular weight excluding hydrogens is 169 g/mol. The standard InChI is InChI=1S/C10H14FNO/c1-7(12-2)9-5-4-8(13-3)6-10(9)11/h4-7,12H,1-3H3. The predicted octanol–water partition coefficient (Wildman–Crippen LogP) is 2.11. The lowest BCUT2D eigenvalue weighted by molar-refractivity contribution is 0.410. The molecule has 0 saturated carbocycles. The molecule has 0 aliphatic heterocycles. The third kappa shape index (κ3) is 2.18. The van der Waals surface area contributed by atoms with E-state index in [-0.39, 0.29) is 11.9 Å². The minimum atomic E-state index is -0.235. The Kier molecular flexibility index (Phi) is 3.25. The van der Waals surface area contributed by atoms with E-state index in [1.165, 1.54) is 13.2 Å². The van der Waals surface area contributed by atoms with E-state index in [4.69, 9.17) is 4.74 Å². The number of hydrogen-bond acceptors (Lipinski definition) is 2. The van der Waals surface area contributed by atoms with E-state index >= 15 is 0 Å². The van der Waals surface area contributed by atoms with E-state index in [0.717, 1.165) is 0 Å². The molecule has 72 valence electrons. The van der Waals surface area contributed by atoms with Gasteiger partial charge in [0, 0.05) is 17.7 Å². The second-order valence-electron chi connectivity index (χ2n) is 2.90. The van der Waals surface area contributed by atoms with Crippen LogP contribution < -0.4 is 10.1 Å². The first-order valence-corrected chi connectivity index (χ1v) is 4.19. The van der Waals surface area contributed by atoms with Crippen LogP contribution in [0.25, 0.3) is 0 Å². The Morgan fingerprint density at radius 1 is 1.46 bits per heavy atom. The number of benzene rings is 1. The molecule has 3 heteroatoms. The molecule has 0 heterocycles. The molecule has 1 atom stereocenters. The molecule has 0 amide bonds. The van der Waals surface area contributed by atoms with Gasteiger partial charge in [-0.05, 0) is 20.0 Å². The Morgan fingerprint density at radius 2 is 2.15 bits per heavy atom. The molecule has 0 aliphatic rings. The summed E-state index contributed by atoms with van der Waals surface area (Å²) < 4.78 is 18.3. The lowest BCUT2D eigenvalue weighted by Crippen LogP contribution is -2.13. The number of halogens is 1. The van der Waals surface area contributed by atoms with Crippen molar-refractivity contribution >= 4 is 0 Å². The molecular formula is C10H14FNO. The third-order valence-electron chi connectivity index (χ3n) is 2.11. The molecule has 0 bridgehead atoms. The fraction of sp³-hybridized carbons (Fsp3) is 0.400. The number of methoxy groups -OCH3 is 1. The van der Waals surface area contributed by atoms with Crippen molar-refractivity contribution < 1.29 is 9.13 Å². The lowest BCUT2D eigenvalue weighted by Gasteiger charge is -2.12. The summed E-state index contributed by atoms with van der Waals surface area (Å²) in [4.78, 5) is 0. The van der Waals surface area contributed by atoms with Crippen LogP contribution in [0.4, 0.5) is 4.39 Å². The molecule has 1 unspecified atom stereocenters. The zero-order chi connectivity index (χ0) is 9.84. The first-order valence-electron chi connectivity index (χ1n) is 4.19. The second-order valence-corrected chi connectivity index (χ2v) is 2.90. The highest BCUT2D eigenvalue weighted by atomic mass is 19.1. The van der Waals surface area contributed by atoms with Crippen molar-refractivity contribution in [2.45, 2.75) is 13.0 Å². The van der Waals surface area contributed by atoms with Gasteiger partial charge in [-0.1, -0.05) is 6.07 Å². The molecule has 1 rings (SSSR count). The minimum absolute atomic E-state index is 0.0194. The maximum absolute atomic E-state index is 13.4. The van der Waals surface area contributed by atoms with Crippen LogP contribution in [0.15, 0.2) is 18.2 Å². The van der Waals surface area contributed by atoms with E-state index in [9.17, 15) is 4.39 Å². The van der Waals surface area contributed by atoms with Crippen LogP contribution in [0.2, 0.25) is 0 Å². The van der Waals surface area contributed by atoms with Gasteiger partial charge in [0.2, 0.25) is 0 Å². The summed E-state index contributed by atoms with van der Waals surface area (Å²) in [6, 6.07) is 4.90. The molecule has 0 spiro atoms. The van der Waals surface area contributed by atoms with Gasteiger partial charge in [0.05, 0.1) is 7.11 Å². The number of ether oxygens (including phenoxy) is 1. The Hall–Kier alpha value is -1.09. The van der Waals surface area contributed by atoms with Gasteiger partial charge in [-0.3, -0.25) is 0 Å². The van der Waals surface area contributed by atoms with E-state index in [1.54, 1.807) is 19.2 Å². The molecule has 0 radical (unpaired) electrons.